The topological polar surface area (TPSA) is 38.2 Å². The SMILES string of the molecule is CC(C)NCC1CC(C)(C)N([OH2+])C1(C)C. The highest BCUT2D eigenvalue weighted by molar-refractivity contribution is 5.02. The van der Waals surface area contributed by atoms with Crippen LogP contribution in [-0.2, 0) is 0 Å². The van der Waals surface area contributed by atoms with E-state index < -0.39 is 0 Å². The van der Waals surface area contributed by atoms with Gasteiger partial charge in [-0.3, -0.25) is 0 Å². The largest absolute Gasteiger partial charge is 0.338 e. The van der Waals surface area contributed by atoms with Crippen LogP contribution in [0.15, 0.2) is 0 Å². The Morgan fingerprint density at radius 2 is 1.87 bits per heavy atom. The van der Waals surface area contributed by atoms with Gasteiger partial charge in [-0.2, -0.15) is 0 Å². The van der Waals surface area contributed by atoms with Crippen LogP contribution >= 0.6 is 0 Å². The Labute approximate surface area is 93.8 Å². The Bertz CT molecular complexity index is 224. The highest BCUT2D eigenvalue weighted by Crippen LogP contribution is 2.42. The van der Waals surface area contributed by atoms with Crippen LogP contribution in [0.3, 0.4) is 0 Å². The molecule has 1 aliphatic heterocycles. The Morgan fingerprint density at radius 1 is 1.33 bits per heavy atom. The zero-order chi connectivity index (χ0) is 11.9. The van der Waals surface area contributed by atoms with Gasteiger partial charge in [0, 0.05) is 12.6 Å². The van der Waals surface area contributed by atoms with Gasteiger partial charge in [0.2, 0.25) is 0 Å². The Hall–Kier alpha value is -0.120. The number of hydrogen-bond acceptors (Lipinski definition) is 2. The van der Waals surface area contributed by atoms with Crippen LogP contribution in [0.2, 0.25) is 0 Å². The minimum Gasteiger partial charge on any atom is -0.338 e. The van der Waals surface area contributed by atoms with Crippen molar-refractivity contribution in [1.82, 2.24) is 10.4 Å². The van der Waals surface area contributed by atoms with E-state index in [-0.39, 0.29) is 11.1 Å². The molecule has 15 heavy (non-hydrogen) atoms. The van der Waals surface area contributed by atoms with Crippen LogP contribution in [-0.4, -0.2) is 33.9 Å². The summed E-state index contributed by atoms with van der Waals surface area (Å²) in [6.45, 7) is 14.1. The third-order valence-electron chi connectivity index (χ3n) is 3.70. The first-order valence-electron chi connectivity index (χ1n) is 5.93. The van der Waals surface area contributed by atoms with Gasteiger partial charge in [-0.15, -0.1) is 0 Å². The fourth-order valence-corrected chi connectivity index (χ4v) is 2.61. The summed E-state index contributed by atoms with van der Waals surface area (Å²) < 4.78 is 0. The van der Waals surface area contributed by atoms with Gasteiger partial charge in [0.1, 0.15) is 0 Å². The van der Waals surface area contributed by atoms with Crippen molar-refractivity contribution in [3.05, 3.63) is 0 Å². The zero-order valence-electron chi connectivity index (χ0n) is 11.0. The van der Waals surface area contributed by atoms with Gasteiger partial charge in [0.25, 0.3) is 0 Å². The van der Waals surface area contributed by atoms with Crippen molar-refractivity contribution in [2.24, 2.45) is 5.92 Å². The molecule has 0 bridgehead atoms. The van der Waals surface area contributed by atoms with E-state index >= 15 is 0 Å². The lowest BCUT2D eigenvalue weighted by Crippen LogP contribution is -2.48. The molecule has 0 saturated carbocycles. The monoisotopic (exact) mass is 215 g/mol. The fraction of sp³-hybridized carbons (Fsp3) is 1.00. The first kappa shape index (κ1) is 12.9. The Balaban J connectivity index is 2.67. The van der Waals surface area contributed by atoms with E-state index in [2.05, 4.69) is 46.9 Å². The van der Waals surface area contributed by atoms with E-state index in [4.69, 9.17) is 5.21 Å². The maximum atomic E-state index is 8.16. The standard InChI is InChI=1S/C12H26N2O/c1-9(2)13-8-10-7-11(3,4)14(15)12(10,5)6/h9-10,13,15H,7-8H2,1-6H3/p+1. The number of hydroxylamine groups is 2. The normalized spacial score (nSPS) is 30.0. The minimum absolute atomic E-state index is 0.00677. The molecule has 1 heterocycles. The molecule has 3 nitrogen and oxygen atoms in total. The van der Waals surface area contributed by atoms with Crippen LogP contribution in [0.1, 0.15) is 48.0 Å². The molecular weight excluding hydrogens is 188 g/mol. The summed E-state index contributed by atoms with van der Waals surface area (Å²) in [5.41, 5.74) is -0.0157. The molecule has 0 spiro atoms. The van der Waals surface area contributed by atoms with Crippen molar-refractivity contribution < 1.29 is 5.21 Å². The van der Waals surface area contributed by atoms with E-state index in [1.807, 2.05) is 0 Å². The summed E-state index contributed by atoms with van der Waals surface area (Å²) in [7, 11) is 0. The first-order valence-corrected chi connectivity index (χ1v) is 5.93. The van der Waals surface area contributed by atoms with E-state index in [1.165, 1.54) is 0 Å². The predicted octanol–water partition coefficient (Wildman–Crippen LogP) is 1.50. The molecule has 0 aromatic heterocycles. The van der Waals surface area contributed by atoms with Crippen LogP contribution in [0.4, 0.5) is 0 Å². The molecule has 1 aliphatic rings. The highest BCUT2D eigenvalue weighted by Gasteiger charge is 2.54. The van der Waals surface area contributed by atoms with Gasteiger partial charge in [0.05, 0.1) is 11.1 Å². The van der Waals surface area contributed by atoms with Crippen LogP contribution in [0.5, 0.6) is 0 Å². The average molecular weight is 215 g/mol. The quantitative estimate of drug-likeness (QED) is 0.725. The van der Waals surface area contributed by atoms with Crippen LogP contribution in [0, 0.1) is 5.92 Å². The third-order valence-corrected chi connectivity index (χ3v) is 3.70. The van der Waals surface area contributed by atoms with E-state index in [0.717, 1.165) is 13.0 Å². The van der Waals surface area contributed by atoms with Crippen molar-refractivity contribution in [2.75, 3.05) is 6.54 Å². The second kappa shape index (κ2) is 4.04. The first-order chi connectivity index (χ1) is 6.68. The molecular formula is C12H27N2O+. The van der Waals surface area contributed by atoms with Gasteiger partial charge in [-0.25, -0.2) is 0 Å². The number of rotatable bonds is 3. The molecule has 0 aromatic carbocycles. The Kier molecular flexibility index (Phi) is 3.49. The summed E-state index contributed by atoms with van der Waals surface area (Å²) in [5, 5.41) is 13.4. The highest BCUT2D eigenvalue weighted by atomic mass is 16.5. The minimum atomic E-state index is -0.0224. The molecule has 3 heteroatoms. The molecule has 0 aromatic rings. The van der Waals surface area contributed by atoms with E-state index in [9.17, 15) is 0 Å². The summed E-state index contributed by atoms with van der Waals surface area (Å²) in [6.07, 6.45) is 1.10. The molecule has 1 atom stereocenters. The zero-order valence-corrected chi connectivity index (χ0v) is 11.0. The molecule has 0 aliphatic carbocycles. The van der Waals surface area contributed by atoms with Gasteiger partial charge in [0.15, 0.2) is 0 Å². The maximum Gasteiger partial charge on any atom is 0.0875 e. The molecule has 1 saturated heterocycles. The molecule has 0 radical (unpaired) electrons. The molecule has 0 amide bonds. The van der Waals surface area contributed by atoms with Crippen molar-refractivity contribution in [1.29, 1.82) is 0 Å². The summed E-state index contributed by atoms with van der Waals surface area (Å²) >= 11 is 0. The molecule has 1 rings (SSSR count). The number of nitrogens with zero attached hydrogens (tertiary/aromatic N) is 1. The van der Waals surface area contributed by atoms with Gasteiger partial charge in [-0.05, 0) is 40.0 Å². The average Bonchev–Trinajstić information content (AvgIpc) is 2.23. The number of nitrogens with one attached hydrogen (secondary N) is 1. The smallest absolute Gasteiger partial charge is 0.0875 e. The predicted molar refractivity (Wildman–Crippen MR) is 64.9 cm³/mol. The lowest BCUT2D eigenvalue weighted by atomic mass is 9.87. The fourth-order valence-electron chi connectivity index (χ4n) is 2.61. The summed E-state index contributed by atoms with van der Waals surface area (Å²) in [5.74, 6) is 0.562. The van der Waals surface area contributed by atoms with Gasteiger partial charge < -0.3 is 10.5 Å². The summed E-state index contributed by atoms with van der Waals surface area (Å²) in [6, 6.07) is 0.531. The van der Waals surface area contributed by atoms with Crippen molar-refractivity contribution in [3.63, 3.8) is 0 Å². The van der Waals surface area contributed by atoms with E-state index in [0.29, 0.717) is 12.0 Å². The maximum absolute atomic E-state index is 8.16. The molecule has 1 fully saturated rings. The lowest BCUT2D eigenvalue weighted by molar-refractivity contribution is -0.196. The number of hydrogen-bond donors (Lipinski definition) is 1. The van der Waals surface area contributed by atoms with E-state index in [1.54, 1.807) is 5.06 Å². The van der Waals surface area contributed by atoms with Crippen LogP contribution in [0.25, 0.3) is 0 Å². The van der Waals surface area contributed by atoms with Gasteiger partial charge in [-0.1, -0.05) is 18.9 Å². The lowest BCUT2D eigenvalue weighted by Gasteiger charge is -2.31. The second-order valence-electron chi connectivity index (χ2n) is 6.27. The Morgan fingerprint density at radius 3 is 2.20 bits per heavy atom. The summed E-state index contributed by atoms with van der Waals surface area (Å²) in [4.78, 5) is 0. The van der Waals surface area contributed by atoms with Crippen molar-refractivity contribution in [2.45, 2.75) is 65.1 Å². The van der Waals surface area contributed by atoms with Crippen molar-refractivity contribution >= 4 is 0 Å². The molecule has 3 N–H and O–H groups in total. The molecule has 90 valence electrons. The third kappa shape index (κ3) is 2.52. The molecule has 1 unspecified atom stereocenters. The van der Waals surface area contributed by atoms with Gasteiger partial charge >= 0.3 is 0 Å². The van der Waals surface area contributed by atoms with Crippen molar-refractivity contribution in [3.8, 4) is 0 Å². The van der Waals surface area contributed by atoms with Crippen LogP contribution < -0.4 is 5.32 Å². The second-order valence-corrected chi connectivity index (χ2v) is 6.27.